The molecule has 1 N–H and O–H groups in total. The highest BCUT2D eigenvalue weighted by atomic mass is 16.5. The summed E-state index contributed by atoms with van der Waals surface area (Å²) < 4.78 is 10.4. The predicted octanol–water partition coefficient (Wildman–Crippen LogP) is 1.97. The zero-order chi connectivity index (χ0) is 12.3. The topological polar surface area (TPSA) is 70.9 Å². The molecule has 0 saturated heterocycles. The fraction of sp³-hybridized carbons (Fsp3) is 0.167. The van der Waals surface area contributed by atoms with E-state index in [1.54, 1.807) is 26.5 Å². The molecule has 0 amide bonds. The standard InChI is InChI=1S/C12H11N3O2/c1-16-8-3-4-9(11(5-8)17-2)10-7-14-12(6-13)15-10/h3-5,7H,1-2H3,(H,14,15). The number of nitrogens with one attached hydrogen (secondary N) is 1. The number of nitriles is 1. The minimum absolute atomic E-state index is 0.276. The average molecular weight is 229 g/mol. The lowest BCUT2D eigenvalue weighted by molar-refractivity contribution is 0.395. The van der Waals surface area contributed by atoms with E-state index in [1.807, 2.05) is 18.2 Å². The Balaban J connectivity index is 2.48. The van der Waals surface area contributed by atoms with E-state index in [0.29, 0.717) is 11.5 Å². The van der Waals surface area contributed by atoms with Gasteiger partial charge in [0, 0.05) is 11.6 Å². The quantitative estimate of drug-likeness (QED) is 0.873. The Morgan fingerprint density at radius 2 is 2.12 bits per heavy atom. The molecule has 0 fully saturated rings. The number of aromatic amines is 1. The van der Waals surface area contributed by atoms with Gasteiger partial charge in [-0.2, -0.15) is 5.26 Å². The molecule has 0 spiro atoms. The van der Waals surface area contributed by atoms with Gasteiger partial charge in [0.05, 0.1) is 26.1 Å². The minimum Gasteiger partial charge on any atom is -0.497 e. The Morgan fingerprint density at radius 1 is 1.29 bits per heavy atom. The van der Waals surface area contributed by atoms with Crippen molar-refractivity contribution in [3.63, 3.8) is 0 Å². The second-order valence-corrected chi connectivity index (χ2v) is 3.32. The molecule has 0 bridgehead atoms. The first-order valence-electron chi connectivity index (χ1n) is 4.96. The lowest BCUT2D eigenvalue weighted by Crippen LogP contribution is -1.90. The van der Waals surface area contributed by atoms with Gasteiger partial charge >= 0.3 is 0 Å². The van der Waals surface area contributed by atoms with Crippen molar-refractivity contribution in [3.8, 4) is 28.8 Å². The largest absolute Gasteiger partial charge is 0.497 e. The summed E-state index contributed by atoms with van der Waals surface area (Å²) in [7, 11) is 3.18. The van der Waals surface area contributed by atoms with Crippen molar-refractivity contribution < 1.29 is 9.47 Å². The highest BCUT2D eigenvalue weighted by Crippen LogP contribution is 2.32. The molecule has 1 aromatic carbocycles. The molecule has 1 heterocycles. The summed E-state index contributed by atoms with van der Waals surface area (Å²) in [5, 5.41) is 8.71. The molecule has 1 aromatic heterocycles. The van der Waals surface area contributed by atoms with Gasteiger partial charge in [-0.25, -0.2) is 4.98 Å². The second kappa shape index (κ2) is 4.58. The van der Waals surface area contributed by atoms with Gasteiger partial charge in [-0.05, 0) is 12.1 Å². The normalized spacial score (nSPS) is 9.71. The number of imidazole rings is 1. The van der Waals surface area contributed by atoms with Gasteiger partial charge in [0.2, 0.25) is 5.82 Å². The molecular formula is C12H11N3O2. The molecule has 5 nitrogen and oxygen atoms in total. The molecule has 0 aliphatic rings. The molecule has 0 unspecified atom stereocenters. The van der Waals surface area contributed by atoms with Crippen LogP contribution < -0.4 is 9.47 Å². The fourth-order valence-electron chi connectivity index (χ4n) is 1.54. The molecule has 86 valence electrons. The van der Waals surface area contributed by atoms with Crippen LogP contribution in [0, 0.1) is 11.3 Å². The Labute approximate surface area is 98.6 Å². The van der Waals surface area contributed by atoms with Gasteiger partial charge in [0.15, 0.2) is 0 Å². The highest BCUT2D eigenvalue weighted by Gasteiger charge is 2.09. The first kappa shape index (κ1) is 11.0. The van der Waals surface area contributed by atoms with E-state index in [0.717, 1.165) is 11.3 Å². The smallest absolute Gasteiger partial charge is 0.210 e. The van der Waals surface area contributed by atoms with Crippen molar-refractivity contribution in [1.82, 2.24) is 9.97 Å². The summed E-state index contributed by atoms with van der Waals surface area (Å²) in [6.45, 7) is 0. The Hall–Kier alpha value is -2.48. The maximum Gasteiger partial charge on any atom is 0.210 e. The average Bonchev–Trinajstić information content (AvgIpc) is 2.86. The summed E-state index contributed by atoms with van der Waals surface area (Å²) in [6.07, 6.45) is 1.60. The third kappa shape index (κ3) is 2.06. The van der Waals surface area contributed by atoms with Crippen molar-refractivity contribution >= 4 is 0 Å². The molecule has 0 aliphatic carbocycles. The van der Waals surface area contributed by atoms with Crippen LogP contribution in [0.1, 0.15) is 5.82 Å². The molecule has 17 heavy (non-hydrogen) atoms. The number of hydrogen-bond donors (Lipinski definition) is 1. The number of H-pyrrole nitrogens is 1. The maximum absolute atomic E-state index is 8.71. The van der Waals surface area contributed by atoms with Crippen LogP contribution >= 0.6 is 0 Å². The molecule has 0 atom stereocenters. The number of nitrogens with zero attached hydrogens (tertiary/aromatic N) is 2. The first-order chi connectivity index (χ1) is 8.28. The Kier molecular flexibility index (Phi) is 2.97. The van der Waals surface area contributed by atoms with Crippen LogP contribution in [0.25, 0.3) is 11.3 Å². The van der Waals surface area contributed by atoms with E-state index in [-0.39, 0.29) is 5.82 Å². The predicted molar refractivity (Wildman–Crippen MR) is 61.8 cm³/mol. The number of ether oxygens (including phenoxy) is 2. The van der Waals surface area contributed by atoms with Gasteiger partial charge in [-0.1, -0.05) is 0 Å². The van der Waals surface area contributed by atoms with Gasteiger partial charge in [-0.15, -0.1) is 0 Å². The van der Waals surface area contributed by atoms with E-state index >= 15 is 0 Å². The molecule has 0 saturated carbocycles. The van der Waals surface area contributed by atoms with Crippen molar-refractivity contribution in [3.05, 3.63) is 30.2 Å². The van der Waals surface area contributed by atoms with E-state index in [1.165, 1.54) is 0 Å². The van der Waals surface area contributed by atoms with Gasteiger partial charge in [-0.3, -0.25) is 0 Å². The second-order valence-electron chi connectivity index (χ2n) is 3.32. The number of methoxy groups -OCH3 is 2. The molecule has 0 aliphatic heterocycles. The number of rotatable bonds is 3. The van der Waals surface area contributed by atoms with E-state index in [2.05, 4.69) is 9.97 Å². The lowest BCUT2D eigenvalue weighted by atomic mass is 10.1. The summed E-state index contributed by atoms with van der Waals surface area (Å²) >= 11 is 0. The summed E-state index contributed by atoms with van der Waals surface area (Å²) in [4.78, 5) is 6.82. The summed E-state index contributed by atoms with van der Waals surface area (Å²) in [6, 6.07) is 7.40. The fourth-order valence-corrected chi connectivity index (χ4v) is 1.54. The summed E-state index contributed by atoms with van der Waals surface area (Å²) in [5.41, 5.74) is 1.57. The van der Waals surface area contributed by atoms with Crippen LogP contribution in [0.15, 0.2) is 24.4 Å². The van der Waals surface area contributed by atoms with Crippen LogP contribution in [0.4, 0.5) is 0 Å². The van der Waals surface area contributed by atoms with Crippen molar-refractivity contribution in [2.24, 2.45) is 0 Å². The first-order valence-corrected chi connectivity index (χ1v) is 4.96. The van der Waals surface area contributed by atoms with Gasteiger partial charge in [0.25, 0.3) is 0 Å². The highest BCUT2D eigenvalue weighted by molar-refractivity contribution is 5.68. The third-order valence-electron chi connectivity index (χ3n) is 2.38. The number of hydrogen-bond acceptors (Lipinski definition) is 4. The zero-order valence-electron chi connectivity index (χ0n) is 9.52. The maximum atomic E-state index is 8.71. The summed E-state index contributed by atoms with van der Waals surface area (Å²) in [5.74, 6) is 1.65. The Morgan fingerprint density at radius 3 is 2.71 bits per heavy atom. The van der Waals surface area contributed by atoms with Crippen LogP contribution in [0.5, 0.6) is 11.5 Å². The zero-order valence-corrected chi connectivity index (χ0v) is 9.52. The lowest BCUT2D eigenvalue weighted by Gasteiger charge is -2.08. The number of aromatic nitrogens is 2. The number of benzene rings is 1. The third-order valence-corrected chi connectivity index (χ3v) is 2.38. The molecule has 2 rings (SSSR count). The van der Waals surface area contributed by atoms with Gasteiger partial charge in [0.1, 0.15) is 17.6 Å². The van der Waals surface area contributed by atoms with E-state index < -0.39 is 0 Å². The van der Waals surface area contributed by atoms with Crippen molar-refractivity contribution in [2.45, 2.75) is 0 Å². The monoisotopic (exact) mass is 229 g/mol. The van der Waals surface area contributed by atoms with Crippen LogP contribution in [-0.4, -0.2) is 24.2 Å². The van der Waals surface area contributed by atoms with E-state index in [4.69, 9.17) is 14.7 Å². The van der Waals surface area contributed by atoms with Crippen LogP contribution in [-0.2, 0) is 0 Å². The van der Waals surface area contributed by atoms with Gasteiger partial charge < -0.3 is 14.5 Å². The molecule has 2 aromatic rings. The minimum atomic E-state index is 0.276. The SMILES string of the molecule is COc1ccc(-c2cnc(C#N)[nH]2)c(OC)c1. The Bertz CT molecular complexity index is 569. The van der Waals surface area contributed by atoms with E-state index in [9.17, 15) is 0 Å². The molecule has 0 radical (unpaired) electrons. The molecule has 5 heteroatoms. The molecular weight excluding hydrogens is 218 g/mol. The van der Waals surface area contributed by atoms with Crippen molar-refractivity contribution in [1.29, 1.82) is 5.26 Å². The van der Waals surface area contributed by atoms with Crippen molar-refractivity contribution in [2.75, 3.05) is 14.2 Å². The van der Waals surface area contributed by atoms with Crippen LogP contribution in [0.3, 0.4) is 0 Å². The van der Waals surface area contributed by atoms with Crippen LogP contribution in [0.2, 0.25) is 0 Å².